The third-order valence-corrected chi connectivity index (χ3v) is 3.31. The third kappa shape index (κ3) is 2.06. The second-order valence-corrected chi connectivity index (χ2v) is 4.48. The fourth-order valence-electron chi connectivity index (χ4n) is 2.22. The Morgan fingerprint density at radius 1 is 1.28 bits per heavy atom. The van der Waals surface area contributed by atoms with Crippen LogP contribution in [0, 0.1) is 0 Å². The first-order valence-corrected chi connectivity index (χ1v) is 6.39. The van der Waals surface area contributed by atoms with Crippen molar-refractivity contribution < 1.29 is 9.59 Å². The molecule has 18 heavy (non-hydrogen) atoms. The van der Waals surface area contributed by atoms with Crippen molar-refractivity contribution in [2.24, 2.45) is 0 Å². The zero-order valence-electron chi connectivity index (χ0n) is 10.1. The van der Waals surface area contributed by atoms with Crippen LogP contribution in [0.1, 0.15) is 28.8 Å². The number of amides is 1. The molecule has 0 bridgehead atoms. The third-order valence-electron chi connectivity index (χ3n) is 3.04. The van der Waals surface area contributed by atoms with Gasteiger partial charge >= 0.3 is 0 Å². The lowest BCUT2D eigenvalue weighted by Gasteiger charge is -2.05. The Bertz CT molecular complexity index is 534. The van der Waals surface area contributed by atoms with Crippen LogP contribution in [0.4, 0.5) is 0 Å². The Labute approximate surface area is 111 Å². The number of carbonyl (C=O) groups excluding carboxylic acids is 2. The molecule has 0 saturated heterocycles. The van der Waals surface area contributed by atoms with Gasteiger partial charge in [-0.25, -0.2) is 0 Å². The van der Waals surface area contributed by atoms with E-state index in [2.05, 4.69) is 5.32 Å². The summed E-state index contributed by atoms with van der Waals surface area (Å²) < 4.78 is 0. The molecule has 4 heteroatoms. The number of halogens is 1. The molecule has 1 amide bonds. The molecular formula is C14H14ClNO2. The summed E-state index contributed by atoms with van der Waals surface area (Å²) >= 11 is 5.70. The highest BCUT2D eigenvalue weighted by atomic mass is 35.5. The summed E-state index contributed by atoms with van der Waals surface area (Å²) in [5.41, 5.74) is 2.56. The lowest BCUT2D eigenvalue weighted by molar-refractivity contribution is -0.116. The molecule has 0 unspecified atom stereocenters. The number of likely N-dealkylation sites (N-methyl/N-ethyl adjacent to an activating group) is 1. The van der Waals surface area contributed by atoms with Gasteiger partial charge in [-0.3, -0.25) is 9.59 Å². The second-order valence-electron chi connectivity index (χ2n) is 4.10. The van der Waals surface area contributed by atoms with Crippen molar-refractivity contribution in [2.45, 2.75) is 12.8 Å². The van der Waals surface area contributed by atoms with Crippen LogP contribution in [0.25, 0.3) is 5.57 Å². The van der Waals surface area contributed by atoms with Gasteiger partial charge in [0.1, 0.15) is 0 Å². The van der Waals surface area contributed by atoms with Gasteiger partial charge < -0.3 is 5.32 Å². The van der Waals surface area contributed by atoms with Gasteiger partial charge in [-0.1, -0.05) is 24.3 Å². The molecule has 94 valence electrons. The smallest absolute Gasteiger partial charge is 0.255 e. The summed E-state index contributed by atoms with van der Waals surface area (Å²) in [7, 11) is 1.53. The van der Waals surface area contributed by atoms with Crippen LogP contribution in [-0.2, 0) is 4.79 Å². The zero-order valence-corrected chi connectivity index (χ0v) is 10.9. The normalized spacial score (nSPS) is 13.8. The quantitative estimate of drug-likeness (QED) is 0.670. The fourth-order valence-corrected chi connectivity index (χ4v) is 2.35. The average Bonchev–Trinajstić information content (AvgIpc) is 2.69. The predicted molar refractivity (Wildman–Crippen MR) is 71.7 cm³/mol. The van der Waals surface area contributed by atoms with E-state index in [1.165, 1.54) is 7.05 Å². The highest BCUT2D eigenvalue weighted by Gasteiger charge is 2.32. The van der Waals surface area contributed by atoms with Gasteiger partial charge in [-0.15, -0.1) is 11.6 Å². The summed E-state index contributed by atoms with van der Waals surface area (Å²) in [6.07, 6.45) is 1.40. The van der Waals surface area contributed by atoms with Crippen LogP contribution in [0.15, 0.2) is 29.8 Å². The molecule has 0 saturated carbocycles. The number of alkyl halides is 1. The highest BCUT2D eigenvalue weighted by Crippen LogP contribution is 2.35. The number of nitrogens with one attached hydrogen (secondary N) is 1. The molecule has 0 aromatic heterocycles. The molecule has 1 N–H and O–H groups in total. The van der Waals surface area contributed by atoms with Crippen LogP contribution in [0.3, 0.4) is 0 Å². The van der Waals surface area contributed by atoms with Crippen LogP contribution >= 0.6 is 11.6 Å². The van der Waals surface area contributed by atoms with Gasteiger partial charge in [-0.05, 0) is 24.0 Å². The van der Waals surface area contributed by atoms with E-state index in [4.69, 9.17) is 11.6 Å². The summed E-state index contributed by atoms with van der Waals surface area (Å²) in [6, 6.07) is 7.32. The Morgan fingerprint density at radius 3 is 2.56 bits per heavy atom. The molecular weight excluding hydrogens is 250 g/mol. The van der Waals surface area contributed by atoms with Gasteiger partial charge in [0.25, 0.3) is 5.91 Å². The number of benzene rings is 1. The minimum Gasteiger partial charge on any atom is -0.355 e. The van der Waals surface area contributed by atoms with Crippen LogP contribution in [0.5, 0.6) is 0 Å². The van der Waals surface area contributed by atoms with Crippen molar-refractivity contribution in [2.75, 3.05) is 12.9 Å². The maximum atomic E-state index is 12.2. The van der Waals surface area contributed by atoms with Gasteiger partial charge in [-0.2, -0.15) is 0 Å². The predicted octanol–water partition coefficient (Wildman–Crippen LogP) is 2.40. The van der Waals surface area contributed by atoms with Crippen molar-refractivity contribution in [1.29, 1.82) is 0 Å². The number of ketones is 1. The largest absolute Gasteiger partial charge is 0.355 e. The number of carbonyl (C=O) groups is 2. The molecule has 0 fully saturated rings. The minimum absolute atomic E-state index is 0.186. The molecule has 0 atom stereocenters. The van der Waals surface area contributed by atoms with Crippen molar-refractivity contribution in [3.63, 3.8) is 0 Å². The minimum atomic E-state index is -0.319. The molecule has 0 aliphatic heterocycles. The lowest BCUT2D eigenvalue weighted by atomic mass is 10.0. The van der Waals surface area contributed by atoms with Crippen LogP contribution < -0.4 is 5.32 Å². The SMILES string of the molecule is CNC(=O)C1=C(CCCCl)c2ccccc2C1=O. The maximum Gasteiger partial charge on any atom is 0.255 e. The van der Waals surface area contributed by atoms with E-state index in [1.807, 2.05) is 18.2 Å². The molecule has 1 aliphatic rings. The Balaban J connectivity index is 2.50. The van der Waals surface area contributed by atoms with Crippen LogP contribution in [0.2, 0.25) is 0 Å². The van der Waals surface area contributed by atoms with Gasteiger partial charge in [0.2, 0.25) is 0 Å². The zero-order chi connectivity index (χ0) is 13.1. The van der Waals surface area contributed by atoms with E-state index in [0.717, 1.165) is 17.6 Å². The van der Waals surface area contributed by atoms with Gasteiger partial charge in [0, 0.05) is 18.5 Å². The van der Waals surface area contributed by atoms with Gasteiger partial charge in [0.15, 0.2) is 5.78 Å². The monoisotopic (exact) mass is 263 g/mol. The lowest BCUT2D eigenvalue weighted by Crippen LogP contribution is -2.23. The van der Waals surface area contributed by atoms with Gasteiger partial charge in [0.05, 0.1) is 5.57 Å². The van der Waals surface area contributed by atoms with Crippen molar-refractivity contribution in [1.82, 2.24) is 5.32 Å². The molecule has 0 radical (unpaired) electrons. The number of fused-ring (bicyclic) bond motifs is 1. The summed E-state index contributed by atoms with van der Waals surface area (Å²) in [6.45, 7) is 0. The standard InChI is InChI=1S/C14H14ClNO2/c1-16-14(18)12-10(7-4-8-15)9-5-2-3-6-11(9)13(12)17/h2-3,5-6H,4,7-8H2,1H3,(H,16,18). The van der Waals surface area contributed by atoms with E-state index in [1.54, 1.807) is 6.07 Å². The first-order chi connectivity index (χ1) is 8.70. The highest BCUT2D eigenvalue weighted by molar-refractivity contribution is 6.34. The molecule has 0 heterocycles. The summed E-state index contributed by atoms with van der Waals surface area (Å²) in [4.78, 5) is 24.1. The molecule has 1 aliphatic carbocycles. The topological polar surface area (TPSA) is 46.2 Å². The molecule has 1 aromatic carbocycles. The van der Waals surface area contributed by atoms with Crippen molar-refractivity contribution in [3.8, 4) is 0 Å². The van der Waals surface area contributed by atoms with Crippen LogP contribution in [-0.4, -0.2) is 24.6 Å². The Morgan fingerprint density at radius 2 is 1.94 bits per heavy atom. The summed E-state index contributed by atoms with van der Waals surface area (Å²) in [5.74, 6) is 0.0104. The van der Waals surface area contributed by atoms with E-state index >= 15 is 0 Å². The number of hydrogen-bond acceptors (Lipinski definition) is 2. The summed E-state index contributed by atoms with van der Waals surface area (Å²) in [5, 5.41) is 2.53. The van der Waals surface area contributed by atoms with E-state index in [-0.39, 0.29) is 17.3 Å². The van der Waals surface area contributed by atoms with E-state index < -0.39 is 0 Å². The molecule has 1 aromatic rings. The second kappa shape index (κ2) is 5.36. The first-order valence-electron chi connectivity index (χ1n) is 5.86. The number of rotatable bonds is 4. The van der Waals surface area contributed by atoms with Crippen molar-refractivity contribution >= 4 is 28.9 Å². The first kappa shape index (κ1) is 12.8. The number of allylic oxidation sites excluding steroid dienone is 1. The Kier molecular flexibility index (Phi) is 3.82. The fraction of sp³-hybridized carbons (Fsp3) is 0.286. The number of hydrogen-bond donors (Lipinski definition) is 1. The van der Waals surface area contributed by atoms with E-state index in [0.29, 0.717) is 17.9 Å². The average molecular weight is 264 g/mol. The Hall–Kier alpha value is -1.61. The molecule has 3 nitrogen and oxygen atoms in total. The molecule has 0 spiro atoms. The molecule has 2 rings (SSSR count). The number of Topliss-reactive ketones (excluding diaryl/α,β-unsaturated/α-hetero) is 1. The van der Waals surface area contributed by atoms with E-state index in [9.17, 15) is 9.59 Å². The van der Waals surface area contributed by atoms with Crippen molar-refractivity contribution in [3.05, 3.63) is 41.0 Å². The maximum absolute atomic E-state index is 12.2.